The molecule has 5 rings (SSSR count). The van der Waals surface area contributed by atoms with Crippen molar-refractivity contribution in [1.82, 2.24) is 20.0 Å². The molecule has 36 heavy (non-hydrogen) atoms. The number of fused-ring (bicyclic) bond motifs is 1. The zero-order valence-electron chi connectivity index (χ0n) is 20.4. The lowest BCUT2D eigenvalue weighted by atomic mass is 9.84. The van der Waals surface area contributed by atoms with Crippen molar-refractivity contribution in [2.24, 2.45) is 13.0 Å². The second-order valence-corrected chi connectivity index (χ2v) is 11.0. The van der Waals surface area contributed by atoms with Crippen molar-refractivity contribution in [2.45, 2.75) is 51.5 Å². The molecule has 7 nitrogen and oxygen atoms in total. The van der Waals surface area contributed by atoms with Crippen molar-refractivity contribution >= 4 is 40.7 Å². The minimum absolute atomic E-state index is 0.170. The standard InChI is InChI=1S/C27H29ClN4O3S/c1-16-23(31(2)30-24(16)28)18-13-22(36-15-18)25(33)29-19(12-17-8-4-3-5-9-17)14-32-26(34)20-10-6-7-11-21(20)27(32)35/h6-7,10-11,13,15,17,19H,3-5,8-9,12,14H2,1-2H3,(H,29,33)/t19-/m0/s1. The molecule has 1 atom stereocenters. The molecule has 0 bridgehead atoms. The summed E-state index contributed by atoms with van der Waals surface area (Å²) in [5, 5.41) is 9.78. The fourth-order valence-corrected chi connectivity index (χ4v) is 6.46. The zero-order chi connectivity index (χ0) is 25.4. The first-order chi connectivity index (χ1) is 17.3. The molecule has 1 aliphatic carbocycles. The van der Waals surface area contributed by atoms with Crippen LogP contribution in [0.3, 0.4) is 0 Å². The van der Waals surface area contributed by atoms with Gasteiger partial charge in [0.15, 0.2) is 5.15 Å². The largest absolute Gasteiger partial charge is 0.347 e. The van der Waals surface area contributed by atoms with Crippen LogP contribution in [0.25, 0.3) is 11.3 Å². The van der Waals surface area contributed by atoms with E-state index in [0.717, 1.165) is 36.1 Å². The van der Waals surface area contributed by atoms with E-state index in [-0.39, 0.29) is 30.3 Å². The zero-order valence-corrected chi connectivity index (χ0v) is 22.0. The Hall–Kier alpha value is -2.97. The van der Waals surface area contributed by atoms with Crippen LogP contribution in [0.2, 0.25) is 5.15 Å². The van der Waals surface area contributed by atoms with Gasteiger partial charge in [-0.05, 0) is 37.5 Å². The summed E-state index contributed by atoms with van der Waals surface area (Å²) in [5.41, 5.74) is 3.48. The fourth-order valence-electron chi connectivity index (χ4n) is 5.47. The molecule has 1 aromatic carbocycles. The van der Waals surface area contributed by atoms with E-state index >= 15 is 0 Å². The lowest BCUT2D eigenvalue weighted by molar-refractivity contribution is 0.0620. The molecule has 1 N–H and O–H groups in total. The van der Waals surface area contributed by atoms with E-state index in [1.54, 1.807) is 28.9 Å². The van der Waals surface area contributed by atoms with Gasteiger partial charge in [0.05, 0.1) is 21.7 Å². The van der Waals surface area contributed by atoms with E-state index in [9.17, 15) is 14.4 Å². The van der Waals surface area contributed by atoms with Gasteiger partial charge in [-0.15, -0.1) is 11.3 Å². The lowest BCUT2D eigenvalue weighted by Gasteiger charge is -2.29. The Morgan fingerprint density at radius 1 is 1.17 bits per heavy atom. The maximum absolute atomic E-state index is 13.3. The van der Waals surface area contributed by atoms with Crippen LogP contribution in [0.4, 0.5) is 0 Å². The molecule has 0 saturated heterocycles. The summed E-state index contributed by atoms with van der Waals surface area (Å²) in [6.07, 6.45) is 6.56. The summed E-state index contributed by atoms with van der Waals surface area (Å²) in [5.74, 6) is -0.312. The molecule has 2 aliphatic rings. The Morgan fingerprint density at radius 2 is 1.83 bits per heavy atom. The minimum Gasteiger partial charge on any atom is -0.347 e. The van der Waals surface area contributed by atoms with Crippen LogP contribution in [-0.4, -0.2) is 45.0 Å². The third kappa shape index (κ3) is 4.72. The Bertz CT molecular complexity index is 1290. The number of amides is 3. The molecule has 3 heterocycles. The van der Waals surface area contributed by atoms with Crippen molar-refractivity contribution in [2.75, 3.05) is 6.54 Å². The number of imide groups is 1. The monoisotopic (exact) mass is 524 g/mol. The number of carbonyl (C=O) groups is 3. The van der Waals surface area contributed by atoms with Crippen LogP contribution in [0.1, 0.15) is 74.5 Å². The smallest absolute Gasteiger partial charge is 0.261 e. The van der Waals surface area contributed by atoms with Crippen molar-refractivity contribution in [1.29, 1.82) is 0 Å². The maximum Gasteiger partial charge on any atom is 0.261 e. The fraction of sp³-hybridized carbons (Fsp3) is 0.407. The average Bonchev–Trinajstić information content (AvgIpc) is 3.52. The predicted molar refractivity (Wildman–Crippen MR) is 141 cm³/mol. The number of benzene rings is 1. The summed E-state index contributed by atoms with van der Waals surface area (Å²) in [7, 11) is 1.83. The van der Waals surface area contributed by atoms with Crippen LogP contribution in [0, 0.1) is 12.8 Å². The Balaban J connectivity index is 1.35. The SMILES string of the molecule is Cc1c(Cl)nn(C)c1-c1csc(C(=O)N[C@@H](CC2CCCCC2)CN2C(=O)c3ccccc3C2=O)c1. The number of thiophene rings is 1. The highest BCUT2D eigenvalue weighted by Gasteiger charge is 2.37. The average molecular weight is 525 g/mol. The van der Waals surface area contributed by atoms with E-state index in [2.05, 4.69) is 10.4 Å². The Kier molecular flexibility index (Phi) is 6.99. The number of nitrogens with one attached hydrogen (secondary N) is 1. The summed E-state index contributed by atoms with van der Waals surface area (Å²) in [6, 6.07) is 8.43. The van der Waals surface area contributed by atoms with Crippen molar-refractivity contribution in [3.63, 3.8) is 0 Å². The van der Waals surface area contributed by atoms with Gasteiger partial charge in [0.1, 0.15) is 0 Å². The van der Waals surface area contributed by atoms with Crippen LogP contribution >= 0.6 is 22.9 Å². The van der Waals surface area contributed by atoms with Crippen LogP contribution in [0.15, 0.2) is 35.7 Å². The third-order valence-corrected chi connectivity index (χ3v) is 8.57. The maximum atomic E-state index is 13.3. The quantitative estimate of drug-likeness (QED) is 0.415. The number of halogens is 1. The molecule has 188 valence electrons. The predicted octanol–water partition coefficient (Wildman–Crippen LogP) is 5.48. The molecular weight excluding hydrogens is 496 g/mol. The second kappa shape index (κ2) is 10.2. The summed E-state index contributed by atoms with van der Waals surface area (Å²) in [6.45, 7) is 2.08. The third-order valence-electron chi connectivity index (χ3n) is 7.28. The van der Waals surface area contributed by atoms with Gasteiger partial charge in [0.25, 0.3) is 17.7 Å². The summed E-state index contributed by atoms with van der Waals surface area (Å²) >= 11 is 7.54. The number of aromatic nitrogens is 2. The summed E-state index contributed by atoms with van der Waals surface area (Å²) < 4.78 is 1.72. The first-order valence-corrected chi connectivity index (χ1v) is 13.6. The minimum atomic E-state index is -0.318. The molecule has 0 radical (unpaired) electrons. The van der Waals surface area contributed by atoms with E-state index in [1.165, 1.54) is 35.5 Å². The molecule has 3 aromatic rings. The first kappa shape index (κ1) is 24.7. The number of hydrogen-bond acceptors (Lipinski definition) is 5. The van der Waals surface area contributed by atoms with Gasteiger partial charge in [-0.3, -0.25) is 24.0 Å². The number of aryl methyl sites for hydroxylation is 1. The summed E-state index contributed by atoms with van der Waals surface area (Å²) in [4.78, 5) is 41.2. The highest BCUT2D eigenvalue weighted by atomic mass is 35.5. The van der Waals surface area contributed by atoms with E-state index < -0.39 is 0 Å². The molecule has 0 spiro atoms. The number of carbonyl (C=O) groups excluding carboxylic acids is 3. The van der Waals surface area contributed by atoms with Crippen LogP contribution in [-0.2, 0) is 7.05 Å². The van der Waals surface area contributed by atoms with Crippen LogP contribution in [0.5, 0.6) is 0 Å². The van der Waals surface area contributed by atoms with Gasteiger partial charge >= 0.3 is 0 Å². The molecule has 9 heteroatoms. The van der Waals surface area contributed by atoms with Crippen molar-refractivity contribution in [3.05, 3.63) is 62.4 Å². The van der Waals surface area contributed by atoms with E-state index in [1.807, 2.05) is 25.4 Å². The normalized spacial score (nSPS) is 16.9. The topological polar surface area (TPSA) is 84.3 Å². The highest BCUT2D eigenvalue weighted by molar-refractivity contribution is 7.12. The molecule has 0 unspecified atom stereocenters. The Labute approximate surface area is 219 Å². The highest BCUT2D eigenvalue weighted by Crippen LogP contribution is 2.32. The number of rotatable bonds is 7. The van der Waals surface area contributed by atoms with Gasteiger partial charge in [0.2, 0.25) is 0 Å². The van der Waals surface area contributed by atoms with Crippen molar-refractivity contribution in [3.8, 4) is 11.3 Å². The van der Waals surface area contributed by atoms with Gasteiger partial charge in [0, 0.05) is 36.1 Å². The van der Waals surface area contributed by atoms with Gasteiger partial charge in [-0.2, -0.15) is 5.10 Å². The molecule has 1 aliphatic heterocycles. The van der Waals surface area contributed by atoms with Crippen molar-refractivity contribution < 1.29 is 14.4 Å². The van der Waals surface area contributed by atoms with Gasteiger partial charge in [-0.25, -0.2) is 0 Å². The second-order valence-electron chi connectivity index (χ2n) is 9.76. The van der Waals surface area contributed by atoms with E-state index in [0.29, 0.717) is 27.1 Å². The Morgan fingerprint density at radius 3 is 2.44 bits per heavy atom. The molecule has 3 amide bonds. The lowest BCUT2D eigenvalue weighted by Crippen LogP contribution is -2.46. The first-order valence-electron chi connectivity index (χ1n) is 12.4. The molecule has 1 fully saturated rings. The van der Waals surface area contributed by atoms with E-state index in [4.69, 9.17) is 11.6 Å². The number of nitrogens with zero attached hydrogens (tertiary/aromatic N) is 3. The number of hydrogen-bond donors (Lipinski definition) is 1. The van der Waals surface area contributed by atoms with Gasteiger partial charge < -0.3 is 5.32 Å². The molecule has 2 aromatic heterocycles. The van der Waals surface area contributed by atoms with Crippen LogP contribution < -0.4 is 5.32 Å². The molecule has 1 saturated carbocycles. The van der Waals surface area contributed by atoms with Gasteiger partial charge in [-0.1, -0.05) is 55.8 Å². The molecular formula is C27H29ClN4O3S.